The van der Waals surface area contributed by atoms with Gasteiger partial charge in [-0.1, -0.05) is 11.6 Å². The van der Waals surface area contributed by atoms with Crippen LogP contribution < -0.4 is 5.32 Å². The zero-order chi connectivity index (χ0) is 15.6. The Morgan fingerprint density at radius 2 is 2.19 bits per heavy atom. The first-order valence-electron chi connectivity index (χ1n) is 6.79. The van der Waals surface area contributed by atoms with Crippen molar-refractivity contribution in [3.8, 4) is 0 Å². The van der Waals surface area contributed by atoms with Crippen LogP contribution in [0.3, 0.4) is 0 Å². The van der Waals surface area contributed by atoms with Crippen LogP contribution in [0.15, 0.2) is 6.08 Å². The molecule has 7 heteroatoms. The van der Waals surface area contributed by atoms with E-state index >= 15 is 0 Å². The van der Waals surface area contributed by atoms with E-state index in [1.54, 1.807) is 17.8 Å². The highest BCUT2D eigenvalue weighted by atomic mass is 35.5. The Labute approximate surface area is 127 Å². The third-order valence-corrected chi connectivity index (χ3v) is 4.17. The van der Waals surface area contributed by atoms with Crippen LogP contribution in [0.25, 0.3) is 6.08 Å². The molecule has 1 heterocycles. The van der Waals surface area contributed by atoms with E-state index in [1.165, 1.54) is 6.08 Å². The van der Waals surface area contributed by atoms with E-state index < -0.39 is 5.97 Å². The van der Waals surface area contributed by atoms with E-state index in [1.807, 2.05) is 6.92 Å². The Balaban J connectivity index is 1.93. The van der Waals surface area contributed by atoms with Crippen LogP contribution in [0.4, 0.5) is 0 Å². The molecular formula is C14H18ClN3O3. The number of nitrogens with one attached hydrogen (secondary N) is 1. The van der Waals surface area contributed by atoms with Crippen LogP contribution in [0.2, 0.25) is 5.15 Å². The summed E-state index contributed by atoms with van der Waals surface area (Å²) in [6, 6.07) is -0.0753. The van der Waals surface area contributed by atoms with Gasteiger partial charge in [0, 0.05) is 24.7 Å². The lowest BCUT2D eigenvalue weighted by Crippen LogP contribution is -2.31. The summed E-state index contributed by atoms with van der Waals surface area (Å²) in [7, 11) is 1.73. The fourth-order valence-electron chi connectivity index (χ4n) is 2.58. The first-order chi connectivity index (χ1) is 9.88. The molecule has 114 valence electrons. The molecule has 1 aliphatic carbocycles. The zero-order valence-electron chi connectivity index (χ0n) is 12.0. The van der Waals surface area contributed by atoms with Crippen molar-refractivity contribution in [2.24, 2.45) is 13.0 Å². The lowest BCUT2D eigenvalue weighted by atomic mass is 10.1. The predicted molar refractivity (Wildman–Crippen MR) is 78.9 cm³/mol. The minimum Gasteiger partial charge on any atom is -0.481 e. The largest absolute Gasteiger partial charge is 0.481 e. The van der Waals surface area contributed by atoms with Crippen molar-refractivity contribution in [2.75, 3.05) is 0 Å². The molecule has 21 heavy (non-hydrogen) atoms. The Hall–Kier alpha value is -1.82. The summed E-state index contributed by atoms with van der Waals surface area (Å²) >= 11 is 6.07. The van der Waals surface area contributed by atoms with Crippen molar-refractivity contribution in [3.05, 3.63) is 22.5 Å². The van der Waals surface area contributed by atoms with Gasteiger partial charge in [0.15, 0.2) is 0 Å². The lowest BCUT2D eigenvalue weighted by molar-refractivity contribution is -0.141. The standard InChI is InChI=1S/C14H18ClN3O3/c1-8-11(13(15)18(2)17-8)5-6-12(19)16-10-4-3-9(7-10)14(20)21/h5-6,9-10H,3-4,7H2,1-2H3,(H,16,19)(H,20,21). The van der Waals surface area contributed by atoms with Crippen LogP contribution in [0.1, 0.15) is 30.5 Å². The van der Waals surface area contributed by atoms with Crippen molar-refractivity contribution in [1.29, 1.82) is 0 Å². The molecule has 2 N–H and O–H groups in total. The summed E-state index contributed by atoms with van der Waals surface area (Å²) < 4.78 is 1.54. The van der Waals surface area contributed by atoms with Crippen molar-refractivity contribution in [1.82, 2.24) is 15.1 Å². The molecule has 1 aliphatic rings. The molecule has 2 rings (SSSR count). The number of hydrogen-bond acceptors (Lipinski definition) is 3. The minimum atomic E-state index is -0.792. The predicted octanol–water partition coefficient (Wildman–Crippen LogP) is 1.76. The molecule has 1 saturated carbocycles. The molecule has 0 radical (unpaired) electrons. The molecular weight excluding hydrogens is 294 g/mol. The van der Waals surface area contributed by atoms with Gasteiger partial charge >= 0.3 is 5.97 Å². The molecule has 0 aliphatic heterocycles. The van der Waals surface area contributed by atoms with Gasteiger partial charge in [-0.05, 0) is 32.3 Å². The molecule has 2 unspecified atom stereocenters. The van der Waals surface area contributed by atoms with Gasteiger partial charge in [-0.25, -0.2) is 0 Å². The number of hydrogen-bond donors (Lipinski definition) is 2. The maximum Gasteiger partial charge on any atom is 0.306 e. The second kappa shape index (κ2) is 6.30. The number of aromatic nitrogens is 2. The van der Waals surface area contributed by atoms with Gasteiger partial charge in [0.1, 0.15) is 5.15 Å². The van der Waals surface area contributed by atoms with E-state index in [9.17, 15) is 9.59 Å². The first-order valence-corrected chi connectivity index (χ1v) is 7.16. The van der Waals surface area contributed by atoms with E-state index in [-0.39, 0.29) is 17.9 Å². The minimum absolute atomic E-state index is 0.0753. The average Bonchev–Trinajstić information content (AvgIpc) is 2.95. The molecule has 1 fully saturated rings. The summed E-state index contributed by atoms with van der Waals surface area (Å²) in [5.41, 5.74) is 1.46. The monoisotopic (exact) mass is 311 g/mol. The normalized spacial score (nSPS) is 21.9. The molecule has 0 saturated heterocycles. The lowest BCUT2D eigenvalue weighted by Gasteiger charge is -2.10. The number of rotatable bonds is 4. The van der Waals surface area contributed by atoms with Gasteiger partial charge in [-0.2, -0.15) is 5.10 Å². The van der Waals surface area contributed by atoms with Gasteiger partial charge in [0.25, 0.3) is 0 Å². The summed E-state index contributed by atoms with van der Waals surface area (Å²) in [6.45, 7) is 1.82. The molecule has 2 atom stereocenters. The van der Waals surface area contributed by atoms with Crippen molar-refractivity contribution < 1.29 is 14.7 Å². The fraction of sp³-hybridized carbons (Fsp3) is 0.500. The SMILES string of the molecule is Cc1nn(C)c(Cl)c1C=CC(=O)NC1CCC(C(=O)O)C1. The van der Waals surface area contributed by atoms with Gasteiger partial charge in [-0.3, -0.25) is 14.3 Å². The molecule has 1 aromatic heterocycles. The number of aryl methyl sites for hydroxylation is 2. The molecule has 0 spiro atoms. The topological polar surface area (TPSA) is 84.2 Å². The summed E-state index contributed by atoms with van der Waals surface area (Å²) in [6.07, 6.45) is 4.83. The van der Waals surface area contributed by atoms with E-state index in [4.69, 9.17) is 16.7 Å². The van der Waals surface area contributed by atoms with Gasteiger partial charge < -0.3 is 10.4 Å². The van der Waals surface area contributed by atoms with Crippen LogP contribution in [0, 0.1) is 12.8 Å². The second-order valence-electron chi connectivity index (χ2n) is 5.30. The number of carboxylic acid groups (broad SMARTS) is 1. The van der Waals surface area contributed by atoms with Gasteiger partial charge in [-0.15, -0.1) is 0 Å². The van der Waals surface area contributed by atoms with Crippen LogP contribution >= 0.6 is 11.6 Å². The number of halogens is 1. The number of aliphatic carboxylic acids is 1. The molecule has 6 nitrogen and oxygen atoms in total. The molecule has 1 amide bonds. The molecule has 0 aromatic carbocycles. The highest BCUT2D eigenvalue weighted by Gasteiger charge is 2.30. The third kappa shape index (κ3) is 3.64. The van der Waals surface area contributed by atoms with E-state index in [0.717, 1.165) is 5.69 Å². The number of carbonyl (C=O) groups excluding carboxylic acids is 1. The molecule has 1 aromatic rings. The molecule has 0 bridgehead atoms. The number of carboxylic acids is 1. The Morgan fingerprint density at radius 1 is 1.48 bits per heavy atom. The number of carbonyl (C=O) groups is 2. The maximum atomic E-state index is 11.9. The first kappa shape index (κ1) is 15.6. The third-order valence-electron chi connectivity index (χ3n) is 3.73. The van der Waals surface area contributed by atoms with E-state index in [2.05, 4.69) is 10.4 Å². The highest BCUT2D eigenvalue weighted by Crippen LogP contribution is 2.25. The summed E-state index contributed by atoms with van der Waals surface area (Å²) in [5.74, 6) is -1.39. The van der Waals surface area contributed by atoms with E-state index in [0.29, 0.717) is 30.0 Å². The number of amides is 1. The maximum absolute atomic E-state index is 11.9. The van der Waals surface area contributed by atoms with Gasteiger partial charge in [0.2, 0.25) is 5.91 Å². The van der Waals surface area contributed by atoms with Crippen LogP contribution in [-0.4, -0.2) is 32.8 Å². The van der Waals surface area contributed by atoms with Crippen LogP contribution in [0.5, 0.6) is 0 Å². The quantitative estimate of drug-likeness (QED) is 0.830. The summed E-state index contributed by atoms with van der Waals surface area (Å²) in [5, 5.41) is 16.4. The Morgan fingerprint density at radius 3 is 2.71 bits per heavy atom. The number of nitrogens with zero attached hydrogens (tertiary/aromatic N) is 2. The fourth-order valence-corrected chi connectivity index (χ4v) is 2.82. The average molecular weight is 312 g/mol. The highest BCUT2D eigenvalue weighted by molar-refractivity contribution is 6.31. The van der Waals surface area contributed by atoms with Gasteiger partial charge in [0.05, 0.1) is 11.6 Å². The summed E-state index contributed by atoms with van der Waals surface area (Å²) in [4.78, 5) is 22.7. The van der Waals surface area contributed by atoms with Crippen molar-refractivity contribution in [3.63, 3.8) is 0 Å². The zero-order valence-corrected chi connectivity index (χ0v) is 12.7. The Bertz CT molecular complexity index is 595. The van der Waals surface area contributed by atoms with Crippen molar-refractivity contribution >= 4 is 29.6 Å². The Kier molecular flexibility index (Phi) is 4.67. The second-order valence-corrected chi connectivity index (χ2v) is 5.66. The smallest absolute Gasteiger partial charge is 0.306 e. The van der Waals surface area contributed by atoms with Crippen molar-refractivity contribution in [2.45, 2.75) is 32.2 Å². The van der Waals surface area contributed by atoms with Crippen LogP contribution in [-0.2, 0) is 16.6 Å².